The van der Waals surface area contributed by atoms with Crippen LogP contribution in [0.4, 0.5) is 5.69 Å². The van der Waals surface area contributed by atoms with Crippen LogP contribution in [0.2, 0.25) is 5.02 Å². The van der Waals surface area contributed by atoms with E-state index in [1.807, 2.05) is 53.2 Å². The third kappa shape index (κ3) is 3.48. The monoisotopic (exact) mass is 421 g/mol. The van der Waals surface area contributed by atoms with E-state index in [4.69, 9.17) is 23.8 Å². The number of para-hydroxylation sites is 1. The quantitative estimate of drug-likeness (QED) is 0.390. The van der Waals surface area contributed by atoms with Crippen LogP contribution < -0.4 is 10.2 Å². The van der Waals surface area contributed by atoms with E-state index in [0.29, 0.717) is 22.0 Å². The molecule has 0 spiro atoms. The summed E-state index contributed by atoms with van der Waals surface area (Å²) in [6.07, 6.45) is 3.44. The number of anilines is 1. The number of halogens is 1. The molecule has 0 radical (unpaired) electrons. The Labute approximate surface area is 178 Å². The molecule has 5 nitrogen and oxygen atoms in total. The zero-order valence-electron chi connectivity index (χ0n) is 15.4. The molecule has 3 aromatic rings. The van der Waals surface area contributed by atoms with Gasteiger partial charge in [-0.05, 0) is 67.2 Å². The lowest BCUT2D eigenvalue weighted by Crippen LogP contribution is -2.54. The van der Waals surface area contributed by atoms with Crippen LogP contribution in [-0.4, -0.2) is 21.5 Å². The van der Waals surface area contributed by atoms with Gasteiger partial charge in [0, 0.05) is 22.6 Å². The fourth-order valence-electron chi connectivity index (χ4n) is 3.20. The Bertz CT molecular complexity index is 1170. The summed E-state index contributed by atoms with van der Waals surface area (Å²) in [4.78, 5) is 27.1. The Morgan fingerprint density at radius 2 is 1.76 bits per heavy atom. The van der Waals surface area contributed by atoms with E-state index in [1.54, 1.807) is 31.2 Å². The molecule has 0 unspecified atom stereocenters. The van der Waals surface area contributed by atoms with Gasteiger partial charge in [-0.3, -0.25) is 19.8 Å². The summed E-state index contributed by atoms with van der Waals surface area (Å²) in [5.74, 6) is -1.03. The first-order valence-electron chi connectivity index (χ1n) is 8.86. The van der Waals surface area contributed by atoms with Crippen molar-refractivity contribution in [3.63, 3.8) is 0 Å². The third-order valence-corrected chi connectivity index (χ3v) is 5.38. The van der Waals surface area contributed by atoms with Gasteiger partial charge in [0.15, 0.2) is 5.11 Å². The van der Waals surface area contributed by atoms with E-state index in [9.17, 15) is 9.59 Å². The number of amides is 2. The van der Waals surface area contributed by atoms with Crippen LogP contribution in [0.5, 0.6) is 0 Å². The standard InChI is InChI=1S/C22H16ClN3O2S/c1-14-18(23)10-5-11-19(14)26-21(28)17(20(27)24-22(26)29)13-16-9-6-12-25(16)15-7-3-2-4-8-15/h2-13H,1H3,(H,24,27,29)/b17-13+. The summed E-state index contributed by atoms with van der Waals surface area (Å²) < 4.78 is 1.90. The minimum absolute atomic E-state index is 0.00569. The first-order valence-corrected chi connectivity index (χ1v) is 9.65. The normalized spacial score (nSPS) is 15.7. The fraction of sp³-hybridized carbons (Fsp3) is 0.0455. The van der Waals surface area contributed by atoms with E-state index < -0.39 is 11.8 Å². The van der Waals surface area contributed by atoms with Crippen molar-refractivity contribution in [2.45, 2.75) is 6.92 Å². The van der Waals surface area contributed by atoms with Crippen molar-refractivity contribution in [2.24, 2.45) is 0 Å². The van der Waals surface area contributed by atoms with E-state index in [2.05, 4.69) is 5.32 Å². The molecule has 144 valence electrons. The predicted molar refractivity (Wildman–Crippen MR) is 118 cm³/mol. The molecule has 1 aromatic heterocycles. The molecule has 2 amide bonds. The van der Waals surface area contributed by atoms with Gasteiger partial charge in [-0.15, -0.1) is 0 Å². The average molecular weight is 422 g/mol. The Morgan fingerprint density at radius 3 is 2.52 bits per heavy atom. The first-order chi connectivity index (χ1) is 14.0. The van der Waals surface area contributed by atoms with E-state index in [-0.39, 0.29) is 10.7 Å². The lowest BCUT2D eigenvalue weighted by atomic mass is 10.1. The number of aromatic nitrogens is 1. The number of hydrogen-bond donors (Lipinski definition) is 1. The van der Waals surface area contributed by atoms with E-state index in [0.717, 1.165) is 5.69 Å². The van der Waals surface area contributed by atoms with Crippen molar-refractivity contribution in [3.05, 3.63) is 88.7 Å². The predicted octanol–water partition coefficient (Wildman–Crippen LogP) is 4.27. The Kier molecular flexibility index (Phi) is 5.05. The number of nitrogens with one attached hydrogen (secondary N) is 1. The highest BCUT2D eigenvalue weighted by molar-refractivity contribution is 7.80. The van der Waals surface area contributed by atoms with Gasteiger partial charge in [0.25, 0.3) is 11.8 Å². The van der Waals surface area contributed by atoms with Gasteiger partial charge in [0.2, 0.25) is 0 Å². The number of nitrogens with zero attached hydrogens (tertiary/aromatic N) is 2. The number of hydrogen-bond acceptors (Lipinski definition) is 3. The van der Waals surface area contributed by atoms with Crippen LogP contribution in [0, 0.1) is 6.92 Å². The zero-order valence-corrected chi connectivity index (χ0v) is 17.0. The third-order valence-electron chi connectivity index (χ3n) is 4.69. The maximum Gasteiger partial charge on any atom is 0.270 e. The summed E-state index contributed by atoms with van der Waals surface area (Å²) in [7, 11) is 0. The molecule has 2 aromatic carbocycles. The number of carbonyl (C=O) groups excluding carboxylic acids is 2. The number of thiocarbonyl (C=S) groups is 1. The molecule has 29 heavy (non-hydrogen) atoms. The molecule has 7 heteroatoms. The molecule has 0 atom stereocenters. The Hall–Kier alpha value is -3.22. The molecular formula is C22H16ClN3O2S. The van der Waals surface area contributed by atoms with Gasteiger partial charge in [0.05, 0.1) is 5.69 Å². The number of benzene rings is 2. The number of rotatable bonds is 3. The van der Waals surface area contributed by atoms with Crippen molar-refractivity contribution in [1.29, 1.82) is 0 Å². The highest BCUT2D eigenvalue weighted by Gasteiger charge is 2.35. The summed E-state index contributed by atoms with van der Waals surface area (Å²) in [5, 5.41) is 3.14. The number of carbonyl (C=O) groups is 2. The van der Waals surface area contributed by atoms with Gasteiger partial charge >= 0.3 is 0 Å². The maximum absolute atomic E-state index is 13.2. The lowest BCUT2D eigenvalue weighted by Gasteiger charge is -2.30. The summed E-state index contributed by atoms with van der Waals surface area (Å²) in [5.41, 5.74) is 2.86. The maximum atomic E-state index is 13.2. The van der Waals surface area contributed by atoms with Gasteiger partial charge in [0.1, 0.15) is 5.57 Å². The van der Waals surface area contributed by atoms with E-state index >= 15 is 0 Å². The molecular weight excluding hydrogens is 406 g/mol. The molecule has 1 aliphatic rings. The molecule has 1 saturated heterocycles. The van der Waals surface area contributed by atoms with E-state index in [1.165, 1.54) is 4.90 Å². The fourth-order valence-corrected chi connectivity index (χ4v) is 3.64. The molecule has 2 heterocycles. The minimum atomic E-state index is -0.531. The largest absolute Gasteiger partial charge is 0.317 e. The molecule has 1 aliphatic heterocycles. The van der Waals surface area contributed by atoms with Crippen LogP contribution in [0.3, 0.4) is 0 Å². The second kappa shape index (κ2) is 7.66. The van der Waals surface area contributed by atoms with Gasteiger partial charge in [-0.2, -0.15) is 0 Å². The van der Waals surface area contributed by atoms with Crippen LogP contribution in [0.1, 0.15) is 11.3 Å². The van der Waals surface area contributed by atoms with Gasteiger partial charge in [-0.25, -0.2) is 0 Å². The van der Waals surface area contributed by atoms with Crippen LogP contribution in [-0.2, 0) is 9.59 Å². The lowest BCUT2D eigenvalue weighted by molar-refractivity contribution is -0.122. The van der Waals surface area contributed by atoms with Crippen LogP contribution >= 0.6 is 23.8 Å². The highest BCUT2D eigenvalue weighted by Crippen LogP contribution is 2.29. The van der Waals surface area contributed by atoms with Crippen molar-refractivity contribution in [2.75, 3.05) is 4.90 Å². The summed E-state index contributed by atoms with van der Waals surface area (Å²) in [6, 6.07) is 18.6. The Balaban J connectivity index is 1.78. The van der Waals surface area contributed by atoms with Crippen LogP contribution in [0.25, 0.3) is 11.8 Å². The highest BCUT2D eigenvalue weighted by atomic mass is 35.5. The molecule has 0 saturated carbocycles. The summed E-state index contributed by atoms with van der Waals surface area (Å²) >= 11 is 11.5. The molecule has 4 rings (SSSR count). The molecule has 1 N–H and O–H groups in total. The summed E-state index contributed by atoms with van der Waals surface area (Å²) in [6.45, 7) is 1.80. The van der Waals surface area contributed by atoms with Crippen molar-refractivity contribution in [1.82, 2.24) is 9.88 Å². The molecule has 0 bridgehead atoms. The minimum Gasteiger partial charge on any atom is -0.317 e. The smallest absolute Gasteiger partial charge is 0.270 e. The molecule has 0 aliphatic carbocycles. The second-order valence-corrected chi connectivity index (χ2v) is 7.27. The SMILES string of the molecule is Cc1c(Cl)cccc1N1C(=O)/C(=C/c2cccn2-c2ccccc2)C(=O)NC1=S. The van der Waals surface area contributed by atoms with Crippen molar-refractivity contribution < 1.29 is 9.59 Å². The Morgan fingerprint density at radius 1 is 1.00 bits per heavy atom. The van der Waals surface area contributed by atoms with Crippen LogP contribution in [0.15, 0.2) is 72.4 Å². The first kappa shape index (κ1) is 19.1. The second-order valence-electron chi connectivity index (χ2n) is 6.48. The van der Waals surface area contributed by atoms with Crippen molar-refractivity contribution in [3.8, 4) is 5.69 Å². The molecule has 1 fully saturated rings. The van der Waals surface area contributed by atoms with Gasteiger partial charge < -0.3 is 4.57 Å². The van der Waals surface area contributed by atoms with Gasteiger partial charge in [-0.1, -0.05) is 35.9 Å². The average Bonchev–Trinajstić information content (AvgIpc) is 3.17. The zero-order chi connectivity index (χ0) is 20.5. The van der Waals surface area contributed by atoms with Crippen molar-refractivity contribution >= 4 is 52.5 Å². The topological polar surface area (TPSA) is 54.3 Å².